The van der Waals surface area contributed by atoms with E-state index in [0.717, 1.165) is 0 Å². The van der Waals surface area contributed by atoms with Crippen molar-refractivity contribution in [1.82, 2.24) is 0 Å². The number of carbonyl (C=O) groups is 1. The molecule has 0 aliphatic heterocycles. The molecular formula is C11H14O5. The van der Waals surface area contributed by atoms with E-state index >= 15 is 0 Å². The van der Waals surface area contributed by atoms with Crippen LogP contribution in [0, 0.1) is 0 Å². The summed E-state index contributed by atoms with van der Waals surface area (Å²) in [4.78, 5) is 10.9. The van der Waals surface area contributed by atoms with E-state index in [0.29, 0.717) is 12.4 Å². The lowest BCUT2D eigenvalue weighted by Crippen LogP contribution is -2.07. The van der Waals surface area contributed by atoms with Crippen molar-refractivity contribution in [2.24, 2.45) is 0 Å². The van der Waals surface area contributed by atoms with Crippen LogP contribution in [0.15, 0.2) is 18.2 Å². The maximum atomic E-state index is 10.9. The predicted molar refractivity (Wildman–Crippen MR) is 57.1 cm³/mol. The van der Waals surface area contributed by atoms with E-state index in [4.69, 9.17) is 19.3 Å². The molecule has 0 amide bonds. The number of methoxy groups -OCH3 is 1. The maximum absolute atomic E-state index is 10.9. The second kappa shape index (κ2) is 5.97. The van der Waals surface area contributed by atoms with Crippen molar-refractivity contribution < 1.29 is 24.1 Å². The zero-order chi connectivity index (χ0) is 12.0. The maximum Gasteiger partial charge on any atom is 0.339 e. The molecule has 0 bridgehead atoms. The number of ether oxygens (including phenoxy) is 3. The van der Waals surface area contributed by atoms with Crippen LogP contribution in [0.25, 0.3) is 0 Å². The van der Waals surface area contributed by atoms with Crippen LogP contribution in [0.4, 0.5) is 0 Å². The van der Waals surface area contributed by atoms with Gasteiger partial charge in [0.2, 0.25) is 0 Å². The average Bonchev–Trinajstić information content (AvgIpc) is 2.29. The summed E-state index contributed by atoms with van der Waals surface area (Å²) in [6.45, 7) is 2.37. The Labute approximate surface area is 93.6 Å². The molecular weight excluding hydrogens is 212 g/mol. The molecule has 0 saturated heterocycles. The first-order valence-electron chi connectivity index (χ1n) is 4.81. The van der Waals surface area contributed by atoms with Crippen LogP contribution in [-0.4, -0.2) is 31.6 Å². The smallest absolute Gasteiger partial charge is 0.339 e. The Morgan fingerprint density at radius 1 is 1.44 bits per heavy atom. The van der Waals surface area contributed by atoms with E-state index in [2.05, 4.69) is 0 Å². The highest BCUT2D eigenvalue weighted by atomic mass is 16.7. The van der Waals surface area contributed by atoms with Gasteiger partial charge in [-0.15, -0.1) is 0 Å². The molecule has 0 heterocycles. The highest BCUT2D eigenvalue weighted by molar-refractivity contribution is 5.91. The van der Waals surface area contributed by atoms with E-state index in [-0.39, 0.29) is 18.1 Å². The van der Waals surface area contributed by atoms with Crippen molar-refractivity contribution in [3.8, 4) is 11.5 Å². The predicted octanol–water partition coefficient (Wildman–Crippen LogP) is 1.77. The Morgan fingerprint density at radius 3 is 2.75 bits per heavy atom. The standard InChI is InChI=1S/C11H14O5/c1-3-15-7-16-10-5-4-8(14-2)6-9(10)11(12)13/h4-6H,3,7H2,1-2H3,(H,12,13). The third-order valence-corrected chi connectivity index (χ3v) is 1.92. The molecule has 0 saturated carbocycles. The molecule has 0 aliphatic rings. The molecule has 0 spiro atoms. The molecule has 0 unspecified atom stereocenters. The molecule has 0 radical (unpaired) electrons. The molecule has 88 valence electrons. The van der Waals surface area contributed by atoms with Crippen LogP contribution in [0.5, 0.6) is 11.5 Å². The SMILES string of the molecule is CCOCOc1ccc(OC)cc1C(=O)O. The Balaban J connectivity index is 2.85. The van der Waals surface area contributed by atoms with Gasteiger partial charge in [0.25, 0.3) is 0 Å². The Kier molecular flexibility index (Phi) is 4.60. The number of carboxylic acids is 1. The van der Waals surface area contributed by atoms with Gasteiger partial charge in [-0.3, -0.25) is 0 Å². The first-order chi connectivity index (χ1) is 7.69. The van der Waals surface area contributed by atoms with E-state index < -0.39 is 5.97 Å². The number of hydrogen-bond acceptors (Lipinski definition) is 4. The molecule has 1 aromatic rings. The van der Waals surface area contributed by atoms with Gasteiger partial charge in [-0.2, -0.15) is 0 Å². The van der Waals surface area contributed by atoms with Crippen molar-refractivity contribution in [2.75, 3.05) is 20.5 Å². The molecule has 16 heavy (non-hydrogen) atoms. The summed E-state index contributed by atoms with van der Waals surface area (Å²) in [5.41, 5.74) is 0.0547. The third kappa shape index (κ3) is 3.13. The highest BCUT2D eigenvalue weighted by Gasteiger charge is 2.12. The van der Waals surface area contributed by atoms with Crippen molar-refractivity contribution in [3.63, 3.8) is 0 Å². The monoisotopic (exact) mass is 226 g/mol. The fourth-order valence-electron chi connectivity index (χ4n) is 1.12. The first-order valence-corrected chi connectivity index (χ1v) is 4.81. The normalized spacial score (nSPS) is 9.88. The minimum absolute atomic E-state index is 0.0309. The zero-order valence-electron chi connectivity index (χ0n) is 9.23. The van der Waals surface area contributed by atoms with Crippen LogP contribution >= 0.6 is 0 Å². The van der Waals surface area contributed by atoms with Crippen LogP contribution in [0.1, 0.15) is 17.3 Å². The van der Waals surface area contributed by atoms with Gasteiger partial charge in [0.1, 0.15) is 17.1 Å². The molecule has 0 atom stereocenters. The highest BCUT2D eigenvalue weighted by Crippen LogP contribution is 2.24. The molecule has 1 N–H and O–H groups in total. The van der Waals surface area contributed by atoms with Crippen molar-refractivity contribution >= 4 is 5.97 Å². The van der Waals surface area contributed by atoms with Gasteiger partial charge < -0.3 is 19.3 Å². The number of benzene rings is 1. The molecule has 0 aromatic heterocycles. The molecule has 5 heteroatoms. The molecule has 0 fully saturated rings. The van der Waals surface area contributed by atoms with E-state index in [9.17, 15) is 4.79 Å². The largest absolute Gasteiger partial charge is 0.497 e. The van der Waals surface area contributed by atoms with Crippen LogP contribution in [0.2, 0.25) is 0 Å². The van der Waals surface area contributed by atoms with Crippen molar-refractivity contribution in [1.29, 1.82) is 0 Å². The summed E-state index contributed by atoms with van der Waals surface area (Å²) in [5, 5.41) is 8.97. The summed E-state index contributed by atoms with van der Waals surface area (Å²) in [6.07, 6.45) is 0. The van der Waals surface area contributed by atoms with Gasteiger partial charge in [0.05, 0.1) is 7.11 Å². The van der Waals surface area contributed by atoms with Gasteiger partial charge in [0, 0.05) is 6.61 Å². The fourth-order valence-corrected chi connectivity index (χ4v) is 1.12. The lowest BCUT2D eigenvalue weighted by Gasteiger charge is -2.09. The average molecular weight is 226 g/mol. The first kappa shape index (κ1) is 12.3. The molecule has 1 rings (SSSR count). The minimum atomic E-state index is -1.06. The summed E-state index contributed by atoms with van der Waals surface area (Å²) >= 11 is 0. The van der Waals surface area contributed by atoms with Gasteiger partial charge in [0.15, 0.2) is 6.79 Å². The summed E-state index contributed by atoms with van der Waals surface area (Å²) < 4.78 is 15.1. The number of aromatic carboxylic acids is 1. The van der Waals surface area contributed by atoms with Crippen LogP contribution in [0.3, 0.4) is 0 Å². The second-order valence-electron chi connectivity index (χ2n) is 2.92. The number of hydrogen-bond donors (Lipinski definition) is 1. The molecule has 0 aliphatic carbocycles. The number of rotatable bonds is 6. The third-order valence-electron chi connectivity index (χ3n) is 1.92. The van der Waals surface area contributed by atoms with E-state index in [1.54, 1.807) is 12.1 Å². The van der Waals surface area contributed by atoms with E-state index in [1.807, 2.05) is 6.92 Å². The fraction of sp³-hybridized carbons (Fsp3) is 0.364. The number of carboxylic acid groups (broad SMARTS) is 1. The topological polar surface area (TPSA) is 65.0 Å². The van der Waals surface area contributed by atoms with E-state index in [1.165, 1.54) is 13.2 Å². The van der Waals surface area contributed by atoms with Crippen LogP contribution < -0.4 is 9.47 Å². The molecule has 5 nitrogen and oxygen atoms in total. The summed E-state index contributed by atoms with van der Waals surface area (Å²) in [5.74, 6) is -0.326. The summed E-state index contributed by atoms with van der Waals surface area (Å²) in [7, 11) is 1.47. The van der Waals surface area contributed by atoms with Gasteiger partial charge in [-0.1, -0.05) is 0 Å². The Bertz CT molecular complexity index is 361. The van der Waals surface area contributed by atoms with Gasteiger partial charge in [-0.25, -0.2) is 4.79 Å². The molecule has 1 aromatic carbocycles. The zero-order valence-corrected chi connectivity index (χ0v) is 9.23. The van der Waals surface area contributed by atoms with Crippen LogP contribution in [-0.2, 0) is 4.74 Å². The van der Waals surface area contributed by atoms with Gasteiger partial charge >= 0.3 is 5.97 Å². The van der Waals surface area contributed by atoms with Crippen molar-refractivity contribution in [3.05, 3.63) is 23.8 Å². The Morgan fingerprint density at radius 2 is 2.19 bits per heavy atom. The second-order valence-corrected chi connectivity index (χ2v) is 2.92. The summed E-state index contributed by atoms with van der Waals surface area (Å²) in [6, 6.07) is 4.58. The quantitative estimate of drug-likeness (QED) is 0.591. The minimum Gasteiger partial charge on any atom is -0.497 e. The van der Waals surface area contributed by atoms with Crippen molar-refractivity contribution in [2.45, 2.75) is 6.92 Å². The van der Waals surface area contributed by atoms with Gasteiger partial charge in [-0.05, 0) is 25.1 Å². The Hall–Kier alpha value is -1.75. The lowest BCUT2D eigenvalue weighted by atomic mass is 10.2. The lowest BCUT2D eigenvalue weighted by molar-refractivity contribution is 0.0213.